The van der Waals surface area contributed by atoms with Crippen molar-refractivity contribution in [2.24, 2.45) is 0 Å². The second kappa shape index (κ2) is 6.63. The molecule has 0 amide bonds. The van der Waals surface area contributed by atoms with Gasteiger partial charge in [-0.15, -0.1) is 0 Å². The minimum absolute atomic E-state index is 0.130. The molecule has 23 heavy (non-hydrogen) atoms. The normalized spacial score (nSPS) is 20.0. The molecule has 124 valence electrons. The van der Waals surface area contributed by atoms with E-state index in [1.165, 1.54) is 5.56 Å². The van der Waals surface area contributed by atoms with Crippen LogP contribution in [0.3, 0.4) is 0 Å². The van der Waals surface area contributed by atoms with E-state index in [1.807, 2.05) is 25.1 Å². The van der Waals surface area contributed by atoms with Crippen molar-refractivity contribution in [1.29, 1.82) is 0 Å². The van der Waals surface area contributed by atoms with Crippen LogP contribution < -0.4 is 5.32 Å². The molecule has 2 heterocycles. The van der Waals surface area contributed by atoms with Gasteiger partial charge in [0.15, 0.2) is 9.84 Å². The van der Waals surface area contributed by atoms with Crippen LogP contribution in [0.5, 0.6) is 0 Å². The fourth-order valence-electron chi connectivity index (χ4n) is 2.89. The average molecular weight is 354 g/mol. The zero-order valence-corrected chi connectivity index (χ0v) is 14.6. The van der Waals surface area contributed by atoms with E-state index in [1.54, 1.807) is 4.68 Å². The Hall–Kier alpha value is -1.37. The molecule has 1 aliphatic heterocycles. The fraction of sp³-hybridized carbons (Fsp3) is 0.438. The van der Waals surface area contributed by atoms with Gasteiger partial charge >= 0.3 is 0 Å². The number of aromatic nitrogens is 2. The molecule has 0 aliphatic carbocycles. The van der Waals surface area contributed by atoms with Gasteiger partial charge in [-0.1, -0.05) is 41.9 Å². The monoisotopic (exact) mass is 353 g/mol. The first-order chi connectivity index (χ1) is 11.0. The molecule has 1 saturated heterocycles. The highest BCUT2D eigenvalue weighted by Crippen LogP contribution is 2.29. The average Bonchev–Trinajstić information content (AvgIpc) is 3.01. The molecule has 1 aromatic heterocycles. The molecule has 1 atom stereocenters. The van der Waals surface area contributed by atoms with E-state index < -0.39 is 9.84 Å². The van der Waals surface area contributed by atoms with E-state index in [0.29, 0.717) is 18.1 Å². The first kappa shape index (κ1) is 16.5. The van der Waals surface area contributed by atoms with E-state index in [2.05, 4.69) is 22.5 Å². The minimum Gasteiger partial charge on any atom is -0.308 e. The molecule has 1 fully saturated rings. The van der Waals surface area contributed by atoms with Crippen LogP contribution in [0.4, 0.5) is 0 Å². The topological polar surface area (TPSA) is 64.0 Å². The summed E-state index contributed by atoms with van der Waals surface area (Å²) in [5.74, 6) is 0.346. The van der Waals surface area contributed by atoms with Gasteiger partial charge < -0.3 is 5.32 Å². The second-order valence-corrected chi connectivity index (χ2v) is 8.53. The van der Waals surface area contributed by atoms with Crippen molar-refractivity contribution in [1.82, 2.24) is 15.1 Å². The maximum absolute atomic E-state index is 11.6. The number of rotatable bonds is 5. The highest BCUT2D eigenvalue weighted by Gasteiger charge is 2.31. The van der Waals surface area contributed by atoms with Crippen LogP contribution in [-0.2, 0) is 22.9 Å². The highest BCUT2D eigenvalue weighted by atomic mass is 35.5. The molecule has 0 bridgehead atoms. The number of sulfone groups is 1. The number of nitrogens with zero attached hydrogens (tertiary/aromatic N) is 2. The lowest BCUT2D eigenvalue weighted by Crippen LogP contribution is -2.14. The van der Waals surface area contributed by atoms with Crippen molar-refractivity contribution in [2.75, 3.05) is 11.5 Å². The number of halogens is 1. The van der Waals surface area contributed by atoms with Crippen molar-refractivity contribution in [3.8, 4) is 0 Å². The molecular weight excluding hydrogens is 334 g/mol. The highest BCUT2D eigenvalue weighted by molar-refractivity contribution is 7.91. The standard InChI is InChI=1S/C16H20ClN3O2S/c1-12-15(10-18-9-13-5-3-2-4-6-13)16(17)20(19-12)14-7-8-23(21,22)11-14/h2-6,14,18H,7-11H2,1H3. The lowest BCUT2D eigenvalue weighted by atomic mass is 10.2. The Morgan fingerprint density at radius 2 is 2.04 bits per heavy atom. The van der Waals surface area contributed by atoms with Crippen LogP contribution in [0.25, 0.3) is 0 Å². The molecular formula is C16H20ClN3O2S. The summed E-state index contributed by atoms with van der Waals surface area (Å²) >= 11 is 6.45. The van der Waals surface area contributed by atoms with E-state index in [-0.39, 0.29) is 17.5 Å². The Bertz CT molecular complexity index is 787. The smallest absolute Gasteiger partial charge is 0.152 e. The van der Waals surface area contributed by atoms with Gasteiger partial charge in [0.2, 0.25) is 0 Å². The van der Waals surface area contributed by atoms with Crippen LogP contribution in [-0.4, -0.2) is 29.7 Å². The Morgan fingerprint density at radius 3 is 2.70 bits per heavy atom. The summed E-state index contributed by atoms with van der Waals surface area (Å²) in [5.41, 5.74) is 2.99. The van der Waals surface area contributed by atoms with Gasteiger partial charge in [-0.25, -0.2) is 13.1 Å². The summed E-state index contributed by atoms with van der Waals surface area (Å²) in [7, 11) is -2.95. The summed E-state index contributed by atoms with van der Waals surface area (Å²) < 4.78 is 25.0. The molecule has 1 N–H and O–H groups in total. The Labute approximate surface area is 141 Å². The quantitative estimate of drug-likeness (QED) is 0.897. The van der Waals surface area contributed by atoms with Crippen molar-refractivity contribution in [3.63, 3.8) is 0 Å². The predicted octanol–water partition coefficient (Wildman–Crippen LogP) is 2.49. The van der Waals surface area contributed by atoms with Crippen molar-refractivity contribution in [3.05, 3.63) is 52.3 Å². The third kappa shape index (κ3) is 3.76. The van der Waals surface area contributed by atoms with Crippen molar-refractivity contribution in [2.45, 2.75) is 32.5 Å². The van der Waals surface area contributed by atoms with Crippen LogP contribution in [0.15, 0.2) is 30.3 Å². The number of benzene rings is 1. The number of hydrogen-bond donors (Lipinski definition) is 1. The zero-order valence-electron chi connectivity index (χ0n) is 13.0. The van der Waals surface area contributed by atoms with Crippen LogP contribution in [0, 0.1) is 6.92 Å². The first-order valence-corrected chi connectivity index (χ1v) is 9.85. The van der Waals surface area contributed by atoms with Crippen molar-refractivity contribution < 1.29 is 8.42 Å². The van der Waals surface area contributed by atoms with E-state index in [0.717, 1.165) is 17.8 Å². The molecule has 2 aromatic rings. The predicted molar refractivity (Wildman–Crippen MR) is 91.3 cm³/mol. The second-order valence-electron chi connectivity index (χ2n) is 5.95. The Balaban J connectivity index is 1.69. The molecule has 5 nitrogen and oxygen atoms in total. The zero-order chi connectivity index (χ0) is 16.4. The molecule has 1 aliphatic rings. The molecule has 1 aromatic carbocycles. The van der Waals surface area contributed by atoms with E-state index in [4.69, 9.17) is 11.6 Å². The molecule has 1 unspecified atom stereocenters. The number of aryl methyl sites for hydroxylation is 1. The van der Waals surface area contributed by atoms with Gasteiger partial charge in [0, 0.05) is 18.7 Å². The summed E-state index contributed by atoms with van der Waals surface area (Å²) in [5, 5.41) is 8.37. The minimum atomic E-state index is -2.95. The van der Waals surface area contributed by atoms with E-state index in [9.17, 15) is 8.42 Å². The summed E-state index contributed by atoms with van der Waals surface area (Å²) in [6.45, 7) is 3.27. The Morgan fingerprint density at radius 1 is 1.30 bits per heavy atom. The van der Waals surface area contributed by atoms with Crippen molar-refractivity contribution >= 4 is 21.4 Å². The summed E-state index contributed by atoms with van der Waals surface area (Å²) in [4.78, 5) is 0. The maximum Gasteiger partial charge on any atom is 0.152 e. The molecule has 0 radical (unpaired) electrons. The third-order valence-electron chi connectivity index (χ3n) is 4.17. The molecule has 0 saturated carbocycles. The lowest BCUT2D eigenvalue weighted by molar-refractivity contribution is 0.497. The summed E-state index contributed by atoms with van der Waals surface area (Å²) in [6.07, 6.45) is 0.583. The molecule has 0 spiro atoms. The number of nitrogens with one attached hydrogen (secondary N) is 1. The van der Waals surface area contributed by atoms with E-state index >= 15 is 0 Å². The van der Waals surface area contributed by atoms with Gasteiger partial charge in [-0.05, 0) is 18.9 Å². The lowest BCUT2D eigenvalue weighted by Gasteiger charge is -2.10. The Kier molecular flexibility index (Phi) is 4.75. The van der Waals surface area contributed by atoms with Gasteiger partial charge in [-0.3, -0.25) is 0 Å². The van der Waals surface area contributed by atoms with Gasteiger partial charge in [0.25, 0.3) is 0 Å². The van der Waals surface area contributed by atoms with Gasteiger partial charge in [0.05, 0.1) is 23.2 Å². The maximum atomic E-state index is 11.6. The fourth-order valence-corrected chi connectivity index (χ4v) is 4.96. The van der Waals surface area contributed by atoms with Gasteiger partial charge in [-0.2, -0.15) is 5.10 Å². The summed E-state index contributed by atoms with van der Waals surface area (Å²) in [6, 6.07) is 9.99. The van der Waals surface area contributed by atoms with Gasteiger partial charge in [0.1, 0.15) is 5.15 Å². The first-order valence-electron chi connectivity index (χ1n) is 7.65. The molecule has 7 heteroatoms. The third-order valence-corrected chi connectivity index (χ3v) is 6.32. The van der Waals surface area contributed by atoms with Crippen LogP contribution in [0.2, 0.25) is 5.15 Å². The van der Waals surface area contributed by atoms with Crippen LogP contribution in [0.1, 0.15) is 29.3 Å². The SMILES string of the molecule is Cc1nn(C2CCS(=O)(=O)C2)c(Cl)c1CNCc1ccccc1. The number of hydrogen-bond acceptors (Lipinski definition) is 4. The van der Waals surface area contributed by atoms with Crippen LogP contribution >= 0.6 is 11.6 Å². The largest absolute Gasteiger partial charge is 0.308 e. The molecule has 3 rings (SSSR count).